The fourth-order valence-corrected chi connectivity index (χ4v) is 6.37. The molecule has 2 N–H and O–H groups in total. The van der Waals surface area contributed by atoms with Crippen molar-refractivity contribution in [2.75, 3.05) is 19.8 Å². The van der Waals surface area contributed by atoms with Crippen molar-refractivity contribution in [3.63, 3.8) is 0 Å². The summed E-state index contributed by atoms with van der Waals surface area (Å²) in [6, 6.07) is 0. The molecule has 0 radical (unpaired) electrons. The van der Waals surface area contributed by atoms with Crippen LogP contribution in [0, 0.1) is 0 Å². The third-order valence-electron chi connectivity index (χ3n) is 8.30. The van der Waals surface area contributed by atoms with Gasteiger partial charge >= 0.3 is 14.1 Å². The van der Waals surface area contributed by atoms with Crippen LogP contribution in [0.25, 0.3) is 0 Å². The Morgan fingerprint density at radius 2 is 1.14 bits per heavy atom. The normalized spacial score (nSPS) is 16.9. The van der Waals surface area contributed by atoms with Gasteiger partial charge in [-0.25, -0.2) is 0 Å². The van der Waals surface area contributed by atoms with Gasteiger partial charge in [-0.3, -0.25) is 9.32 Å². The highest BCUT2D eigenvalue weighted by Gasteiger charge is 2.45. The zero-order valence-corrected chi connectivity index (χ0v) is 33.2. The highest BCUT2D eigenvalue weighted by molar-refractivity contribution is 7.58. The van der Waals surface area contributed by atoms with Gasteiger partial charge < -0.3 is 9.47 Å². The molecular weight excluding hydrogens is 657 g/mol. The van der Waals surface area contributed by atoms with E-state index >= 15 is 0 Å². The maximum Gasteiger partial charge on any atom is 0.570 e. The largest absolute Gasteiger partial charge is 0.570 e. The summed E-state index contributed by atoms with van der Waals surface area (Å²) in [6.45, 7) is 5.24. The minimum absolute atomic E-state index is 0.0106. The van der Waals surface area contributed by atoms with Crippen molar-refractivity contribution in [2.24, 2.45) is 0 Å². The Morgan fingerprint density at radius 3 is 1.61 bits per heavy atom. The van der Waals surface area contributed by atoms with Crippen LogP contribution in [0.4, 0.5) is 0 Å². The number of allylic oxidation sites excluding steroid dienone is 12. The van der Waals surface area contributed by atoms with Gasteiger partial charge in [-0.2, -0.15) is 9.98 Å². The van der Waals surface area contributed by atoms with Gasteiger partial charge in [-0.15, -0.1) is 4.52 Å². The molecule has 0 spiro atoms. The molecule has 0 aromatic rings. The lowest BCUT2D eigenvalue weighted by Gasteiger charge is -2.18. The maximum absolute atomic E-state index is 12.6. The van der Waals surface area contributed by atoms with Crippen molar-refractivity contribution in [3.05, 3.63) is 85.4 Å². The Balaban J connectivity index is 2.16. The van der Waals surface area contributed by atoms with Gasteiger partial charge in [-0.05, 0) is 51.4 Å². The fourth-order valence-electron chi connectivity index (χ4n) is 5.34. The van der Waals surface area contributed by atoms with E-state index in [-0.39, 0.29) is 25.6 Å². The molecule has 0 saturated carbocycles. The fraction of sp³-hybridized carbons (Fsp3) is 0.651. The monoisotopic (exact) mass is 731 g/mol. The Labute approximate surface area is 313 Å². The highest BCUT2D eigenvalue weighted by Crippen LogP contribution is 2.55. The van der Waals surface area contributed by atoms with E-state index in [0.29, 0.717) is 13.0 Å². The van der Waals surface area contributed by atoms with Crippen LogP contribution in [-0.2, 0) is 23.3 Å². The van der Waals surface area contributed by atoms with Crippen LogP contribution in [-0.4, -0.2) is 36.8 Å². The average Bonchev–Trinajstić information content (AvgIpc) is 3.57. The summed E-state index contributed by atoms with van der Waals surface area (Å²) in [5.74, 6) is -0.313. The average molecular weight is 731 g/mol. The molecule has 0 amide bonds. The smallest absolute Gasteiger partial charge is 0.457 e. The quantitative estimate of drug-likeness (QED) is 0.0290. The zero-order chi connectivity index (χ0) is 36.8. The number of carbonyl (C=O) groups excluding carboxylic acids is 1. The van der Waals surface area contributed by atoms with E-state index in [4.69, 9.17) is 18.5 Å². The van der Waals surface area contributed by atoms with E-state index < -0.39 is 14.2 Å². The Bertz CT molecular complexity index is 1010. The van der Waals surface area contributed by atoms with Crippen LogP contribution in [0.3, 0.4) is 0 Å². The molecule has 0 aromatic carbocycles. The number of hydrogen-bond donors (Lipinski definition) is 2. The van der Waals surface area contributed by atoms with Crippen molar-refractivity contribution in [3.8, 4) is 0 Å². The summed E-state index contributed by atoms with van der Waals surface area (Å²) in [4.78, 5) is 22.9. The second-order valence-electron chi connectivity index (χ2n) is 13.1. The first-order valence-corrected chi connectivity index (χ1v) is 21.7. The summed E-state index contributed by atoms with van der Waals surface area (Å²) in [5, 5.41) is 2.69. The van der Waals surface area contributed by atoms with E-state index in [9.17, 15) is 9.69 Å². The molecule has 2 atom stereocenters. The molecular formula is C43H73NO6P+. The molecule has 0 saturated heterocycles. The zero-order valence-electron chi connectivity index (χ0n) is 32.3. The molecule has 1 heterocycles. The molecule has 1 rings (SSSR count). The molecule has 290 valence electrons. The number of rotatable bonds is 35. The molecule has 1 aliphatic heterocycles. The molecule has 0 aliphatic carbocycles. The minimum Gasteiger partial charge on any atom is -0.457 e. The van der Waals surface area contributed by atoms with Crippen LogP contribution in [0.5, 0.6) is 0 Å². The van der Waals surface area contributed by atoms with Crippen molar-refractivity contribution >= 4 is 14.1 Å². The Morgan fingerprint density at radius 1 is 0.667 bits per heavy atom. The second-order valence-corrected chi connectivity index (χ2v) is 14.9. The predicted molar refractivity (Wildman–Crippen MR) is 217 cm³/mol. The van der Waals surface area contributed by atoms with Gasteiger partial charge in [0.25, 0.3) is 0 Å². The van der Waals surface area contributed by atoms with Gasteiger partial charge in [0.15, 0.2) is 12.4 Å². The van der Waals surface area contributed by atoms with E-state index in [1.54, 1.807) is 0 Å². The van der Waals surface area contributed by atoms with Crippen molar-refractivity contribution < 1.29 is 28.2 Å². The summed E-state index contributed by atoms with van der Waals surface area (Å²) in [5.41, 5.74) is 0. The van der Waals surface area contributed by atoms with Crippen molar-refractivity contribution in [1.29, 1.82) is 0 Å². The molecule has 7 nitrogen and oxygen atoms in total. The summed E-state index contributed by atoms with van der Waals surface area (Å²) in [7, 11) is -3.19. The molecule has 0 fully saturated rings. The van der Waals surface area contributed by atoms with Crippen LogP contribution in [0.1, 0.15) is 155 Å². The standard InChI is InChI=1S/C43H73NO6P/c1-3-5-7-9-11-13-15-17-19-20-21-22-23-24-26-28-30-32-34-36-43(45)50-42(41-49-51(46)44-37-39-48-51)40-47-38-35-33-31-29-27-25-18-16-14-12-10-8-6-4-2/h5,7,11,13,17,19,21-22,24,26,30,32,37,39,42,44,46H,3-4,6,8-10,12,14-16,18,20,23,25,27-29,31,33-36,38,40-41H2,1-2H3/q+1. The van der Waals surface area contributed by atoms with Gasteiger partial charge in [0, 0.05) is 13.0 Å². The number of nitrogens with one attached hydrogen (secondary N) is 1. The molecule has 8 heteroatoms. The van der Waals surface area contributed by atoms with Crippen LogP contribution < -0.4 is 5.09 Å². The molecule has 51 heavy (non-hydrogen) atoms. The van der Waals surface area contributed by atoms with Gasteiger partial charge in [-0.1, -0.05) is 170 Å². The molecule has 1 aliphatic rings. The van der Waals surface area contributed by atoms with Gasteiger partial charge in [0.1, 0.15) is 6.61 Å². The lowest BCUT2D eigenvalue weighted by Crippen LogP contribution is -2.29. The first-order chi connectivity index (χ1) is 25.1. The minimum atomic E-state index is -3.19. The Kier molecular flexibility index (Phi) is 32.8. The van der Waals surface area contributed by atoms with E-state index in [1.165, 1.54) is 89.5 Å². The number of unbranched alkanes of at least 4 members (excludes halogenated alkanes) is 13. The van der Waals surface area contributed by atoms with Gasteiger partial charge in [0.2, 0.25) is 0 Å². The van der Waals surface area contributed by atoms with Crippen LogP contribution in [0.15, 0.2) is 85.4 Å². The van der Waals surface area contributed by atoms with E-state index in [0.717, 1.165) is 51.4 Å². The number of carbonyl (C=O) groups is 1. The molecule has 2 unspecified atom stereocenters. The lowest BCUT2D eigenvalue weighted by atomic mass is 10.0. The first-order valence-electron chi connectivity index (χ1n) is 20.1. The summed E-state index contributed by atoms with van der Waals surface area (Å²) >= 11 is 0. The highest BCUT2D eigenvalue weighted by atomic mass is 31.2. The lowest BCUT2D eigenvalue weighted by molar-refractivity contribution is -0.154. The number of ether oxygens (including phenoxy) is 2. The maximum atomic E-state index is 12.6. The first kappa shape index (κ1) is 46.6. The predicted octanol–water partition coefficient (Wildman–Crippen LogP) is 12.7. The summed E-state index contributed by atoms with van der Waals surface area (Å²) < 4.78 is 22.2. The van der Waals surface area contributed by atoms with E-state index in [1.807, 2.05) is 6.08 Å². The second kappa shape index (κ2) is 35.9. The SMILES string of the molecule is CCC=CCC=CCC=CCC=CCC=CCC=CCCC(=O)OC(COCCCCCCCCCCCCCCCC)CO[P+]1(O)NC=CO1. The Hall–Kier alpha value is -2.44. The van der Waals surface area contributed by atoms with Gasteiger partial charge in [0.05, 0.1) is 12.8 Å². The molecule has 0 bridgehead atoms. The third kappa shape index (κ3) is 32.0. The van der Waals surface area contributed by atoms with Crippen molar-refractivity contribution in [2.45, 2.75) is 161 Å². The number of hydrogen-bond acceptors (Lipinski definition) is 7. The third-order valence-corrected chi connectivity index (χ3v) is 9.68. The van der Waals surface area contributed by atoms with Crippen molar-refractivity contribution in [1.82, 2.24) is 5.09 Å². The number of esters is 1. The van der Waals surface area contributed by atoms with E-state index in [2.05, 4.69) is 85.8 Å². The van der Waals surface area contributed by atoms with Crippen LogP contribution in [0.2, 0.25) is 0 Å². The molecule has 0 aromatic heterocycles. The van der Waals surface area contributed by atoms with Crippen LogP contribution >= 0.6 is 8.09 Å². The topological polar surface area (TPSA) is 86.3 Å². The summed E-state index contributed by atoms with van der Waals surface area (Å²) in [6.07, 6.45) is 53.2.